The van der Waals surface area contributed by atoms with E-state index in [2.05, 4.69) is 5.32 Å². The number of carbonyl (C=O) groups is 1. The van der Waals surface area contributed by atoms with Gasteiger partial charge in [0.25, 0.3) is 0 Å². The second-order valence-electron chi connectivity index (χ2n) is 3.14. The van der Waals surface area contributed by atoms with Crippen LogP contribution >= 0.6 is 0 Å². The van der Waals surface area contributed by atoms with E-state index in [9.17, 15) is 9.18 Å². The highest BCUT2D eigenvalue weighted by Gasteiger charge is 2.22. The van der Waals surface area contributed by atoms with Gasteiger partial charge in [-0.2, -0.15) is 0 Å². The number of hydrogen-bond acceptors (Lipinski definition) is 2. The fourth-order valence-electron chi connectivity index (χ4n) is 1.52. The minimum Gasteiger partial charge on any atom is -0.449 e. The van der Waals surface area contributed by atoms with Crippen molar-refractivity contribution in [2.75, 3.05) is 6.61 Å². The quantitative estimate of drug-likeness (QED) is 0.744. The molecule has 0 unspecified atom stereocenters. The number of alkyl carbamates (subject to hydrolysis) is 1. The summed E-state index contributed by atoms with van der Waals surface area (Å²) < 4.78 is 18.0. The summed E-state index contributed by atoms with van der Waals surface area (Å²) in [7, 11) is 0. The molecule has 1 aromatic rings. The van der Waals surface area contributed by atoms with Gasteiger partial charge in [-0.3, -0.25) is 0 Å². The zero-order valence-electron chi connectivity index (χ0n) is 7.50. The highest BCUT2D eigenvalue weighted by atomic mass is 19.1. The molecule has 1 aliphatic heterocycles. The van der Waals surface area contributed by atoms with E-state index in [1.807, 2.05) is 0 Å². The van der Waals surface area contributed by atoms with Crippen LogP contribution in [0.15, 0.2) is 24.3 Å². The number of ether oxygens (including phenoxy) is 1. The summed E-state index contributed by atoms with van der Waals surface area (Å²) >= 11 is 0. The normalized spacial score (nSPS) is 21.2. The van der Waals surface area contributed by atoms with Crippen molar-refractivity contribution < 1.29 is 13.9 Å². The summed E-state index contributed by atoms with van der Waals surface area (Å²) in [6.45, 7) is 0.338. The Morgan fingerprint density at radius 1 is 1.43 bits per heavy atom. The number of carbonyl (C=O) groups excluding carboxylic acids is 1. The second-order valence-corrected chi connectivity index (χ2v) is 3.14. The van der Waals surface area contributed by atoms with Gasteiger partial charge in [-0.15, -0.1) is 0 Å². The summed E-state index contributed by atoms with van der Waals surface area (Å²) in [4.78, 5) is 10.9. The molecule has 4 heteroatoms. The van der Waals surface area contributed by atoms with Crippen LogP contribution in [0.5, 0.6) is 0 Å². The molecule has 74 valence electrons. The molecule has 0 saturated carbocycles. The molecule has 1 aliphatic rings. The molecule has 0 bridgehead atoms. The van der Waals surface area contributed by atoms with Crippen molar-refractivity contribution in [2.24, 2.45) is 0 Å². The lowest BCUT2D eigenvalue weighted by Gasteiger charge is -2.23. The average Bonchev–Trinajstić information content (AvgIpc) is 2.18. The first-order valence-electron chi connectivity index (χ1n) is 4.45. The molecule has 0 aliphatic carbocycles. The molecule has 1 saturated heterocycles. The van der Waals surface area contributed by atoms with E-state index in [0.29, 0.717) is 18.6 Å². The average molecular weight is 195 g/mol. The summed E-state index contributed by atoms with van der Waals surface area (Å²) in [5.41, 5.74) is 0.518. The van der Waals surface area contributed by atoms with Crippen molar-refractivity contribution in [3.05, 3.63) is 35.6 Å². The molecule has 1 amide bonds. The van der Waals surface area contributed by atoms with Crippen LogP contribution in [0, 0.1) is 5.82 Å². The second kappa shape index (κ2) is 3.65. The highest BCUT2D eigenvalue weighted by Crippen LogP contribution is 2.22. The third-order valence-electron chi connectivity index (χ3n) is 2.21. The van der Waals surface area contributed by atoms with E-state index >= 15 is 0 Å². The van der Waals surface area contributed by atoms with Crippen molar-refractivity contribution in [3.8, 4) is 0 Å². The maximum atomic E-state index is 13.3. The van der Waals surface area contributed by atoms with Crippen LogP contribution in [0.25, 0.3) is 0 Å². The van der Waals surface area contributed by atoms with Crippen LogP contribution in [0.3, 0.4) is 0 Å². The van der Waals surface area contributed by atoms with Crippen molar-refractivity contribution in [1.29, 1.82) is 0 Å². The van der Waals surface area contributed by atoms with Crippen LogP contribution in [-0.4, -0.2) is 12.7 Å². The molecule has 1 N–H and O–H groups in total. The monoisotopic (exact) mass is 195 g/mol. The van der Waals surface area contributed by atoms with Gasteiger partial charge in [0.2, 0.25) is 0 Å². The highest BCUT2D eigenvalue weighted by molar-refractivity contribution is 5.68. The number of amides is 1. The molecule has 0 spiro atoms. The van der Waals surface area contributed by atoms with E-state index in [1.165, 1.54) is 6.07 Å². The molecule has 1 atom stereocenters. The van der Waals surface area contributed by atoms with Crippen LogP contribution in [0.1, 0.15) is 18.0 Å². The maximum absolute atomic E-state index is 13.3. The summed E-state index contributed by atoms with van der Waals surface area (Å²) in [6.07, 6.45) is 0.122. The van der Waals surface area contributed by atoms with Gasteiger partial charge in [0.05, 0.1) is 12.6 Å². The largest absolute Gasteiger partial charge is 0.449 e. The third kappa shape index (κ3) is 1.69. The number of rotatable bonds is 1. The van der Waals surface area contributed by atoms with Crippen molar-refractivity contribution in [3.63, 3.8) is 0 Å². The predicted molar refractivity (Wildman–Crippen MR) is 48.2 cm³/mol. The number of hydrogen-bond donors (Lipinski definition) is 1. The van der Waals surface area contributed by atoms with E-state index in [1.54, 1.807) is 18.2 Å². The number of cyclic esters (lactones) is 1. The summed E-state index contributed by atoms with van der Waals surface area (Å²) in [6, 6.07) is 6.17. The Labute approximate surface area is 80.9 Å². The zero-order valence-corrected chi connectivity index (χ0v) is 7.50. The van der Waals surface area contributed by atoms with Gasteiger partial charge in [0, 0.05) is 12.0 Å². The third-order valence-corrected chi connectivity index (χ3v) is 2.21. The molecule has 1 fully saturated rings. The minimum atomic E-state index is -0.482. The van der Waals surface area contributed by atoms with Gasteiger partial charge in [-0.05, 0) is 6.07 Å². The summed E-state index contributed by atoms with van der Waals surface area (Å²) in [5, 5.41) is 2.57. The Morgan fingerprint density at radius 2 is 2.21 bits per heavy atom. The van der Waals surface area contributed by atoms with Crippen molar-refractivity contribution in [2.45, 2.75) is 12.5 Å². The predicted octanol–water partition coefficient (Wildman–Crippen LogP) is 2.00. The van der Waals surface area contributed by atoms with Gasteiger partial charge in [0.1, 0.15) is 5.82 Å². The smallest absolute Gasteiger partial charge is 0.407 e. The maximum Gasteiger partial charge on any atom is 0.407 e. The van der Waals surface area contributed by atoms with E-state index in [4.69, 9.17) is 4.74 Å². The van der Waals surface area contributed by atoms with Crippen LogP contribution in [0.2, 0.25) is 0 Å². The van der Waals surface area contributed by atoms with Crippen molar-refractivity contribution in [1.82, 2.24) is 5.32 Å². The van der Waals surface area contributed by atoms with Crippen molar-refractivity contribution >= 4 is 6.09 Å². The van der Waals surface area contributed by atoms with Gasteiger partial charge in [-0.1, -0.05) is 18.2 Å². The number of benzene rings is 1. The fourth-order valence-corrected chi connectivity index (χ4v) is 1.52. The molecular weight excluding hydrogens is 185 g/mol. The number of nitrogens with one attached hydrogen (secondary N) is 1. The molecule has 1 aromatic carbocycles. The van der Waals surface area contributed by atoms with Gasteiger partial charge >= 0.3 is 6.09 Å². The lowest BCUT2D eigenvalue weighted by molar-refractivity contribution is 0.115. The summed E-state index contributed by atoms with van der Waals surface area (Å²) in [5.74, 6) is -0.292. The molecule has 14 heavy (non-hydrogen) atoms. The Balaban J connectivity index is 2.22. The van der Waals surface area contributed by atoms with Gasteiger partial charge in [-0.25, -0.2) is 9.18 Å². The first kappa shape index (κ1) is 8.99. The van der Waals surface area contributed by atoms with Crippen LogP contribution in [0.4, 0.5) is 9.18 Å². The minimum absolute atomic E-state index is 0.266. The van der Waals surface area contributed by atoms with E-state index < -0.39 is 6.09 Å². The Kier molecular flexibility index (Phi) is 2.35. The molecule has 0 radical (unpaired) electrons. The van der Waals surface area contributed by atoms with Crippen LogP contribution in [-0.2, 0) is 4.74 Å². The Morgan fingerprint density at radius 3 is 2.93 bits per heavy atom. The van der Waals surface area contributed by atoms with Crippen LogP contribution < -0.4 is 5.32 Å². The molecule has 1 heterocycles. The fraction of sp³-hybridized carbons (Fsp3) is 0.300. The Hall–Kier alpha value is -1.58. The lowest BCUT2D eigenvalue weighted by atomic mass is 10.0. The Bertz CT molecular complexity index is 354. The molecule has 3 nitrogen and oxygen atoms in total. The SMILES string of the molecule is O=C1N[C@H](c2ccccc2F)CCO1. The molecular formula is C10H10FNO2. The standard InChI is InChI=1S/C10H10FNO2/c11-8-4-2-1-3-7(8)9-5-6-14-10(13)12-9/h1-4,9H,5-6H2,(H,12,13)/t9-/m0/s1. The number of halogens is 1. The van der Waals surface area contributed by atoms with E-state index in [0.717, 1.165) is 0 Å². The zero-order chi connectivity index (χ0) is 9.97. The van der Waals surface area contributed by atoms with Gasteiger partial charge in [0.15, 0.2) is 0 Å². The first-order valence-corrected chi connectivity index (χ1v) is 4.45. The lowest BCUT2D eigenvalue weighted by Crippen LogP contribution is -2.35. The molecule has 0 aromatic heterocycles. The van der Waals surface area contributed by atoms with E-state index in [-0.39, 0.29) is 11.9 Å². The first-order chi connectivity index (χ1) is 6.77. The topological polar surface area (TPSA) is 38.3 Å². The molecule has 2 rings (SSSR count). The van der Waals surface area contributed by atoms with Gasteiger partial charge < -0.3 is 10.1 Å².